The van der Waals surface area contributed by atoms with E-state index in [0.29, 0.717) is 5.69 Å². The van der Waals surface area contributed by atoms with Crippen LogP contribution in [0.2, 0.25) is 5.15 Å². The molecular weight excluding hydrogens is 228 g/mol. The Hall–Kier alpha value is -0.590. The van der Waals surface area contributed by atoms with Crippen LogP contribution >= 0.6 is 11.6 Å². The average molecular weight is 239 g/mol. The lowest BCUT2D eigenvalue weighted by molar-refractivity contribution is 0.338. The van der Waals surface area contributed by atoms with Crippen molar-refractivity contribution in [3.8, 4) is 0 Å². The van der Waals surface area contributed by atoms with Crippen molar-refractivity contribution >= 4 is 21.7 Å². The predicted molar refractivity (Wildman–Crippen MR) is 51.8 cm³/mol. The lowest BCUT2D eigenvalue weighted by Crippen LogP contribution is -2.07. The van der Waals surface area contributed by atoms with Gasteiger partial charge in [0.15, 0.2) is 4.90 Å². The maximum Gasteiger partial charge on any atom is 0.301 e. The lowest BCUT2D eigenvalue weighted by Gasteiger charge is -2.01. The highest BCUT2D eigenvalue weighted by atomic mass is 35.5. The number of hydrogen-bond donors (Lipinski definition) is 0. The second-order valence-corrected chi connectivity index (χ2v) is 4.60. The van der Waals surface area contributed by atoms with Gasteiger partial charge < -0.3 is 0 Å². The van der Waals surface area contributed by atoms with Gasteiger partial charge in [-0.15, -0.1) is 0 Å². The molecule has 0 atom stereocenters. The summed E-state index contributed by atoms with van der Waals surface area (Å²) in [5.41, 5.74) is 0.339. The molecular formula is C7H11ClN2O3S. The molecule has 0 aliphatic carbocycles. The summed E-state index contributed by atoms with van der Waals surface area (Å²) in [7, 11) is -2.20. The molecule has 0 radical (unpaired) electrons. The third kappa shape index (κ3) is 1.92. The van der Waals surface area contributed by atoms with E-state index in [2.05, 4.69) is 9.28 Å². The first-order valence-electron chi connectivity index (χ1n) is 3.98. The molecule has 0 spiro atoms. The summed E-state index contributed by atoms with van der Waals surface area (Å²) in [6, 6.07) is 0. The monoisotopic (exact) mass is 238 g/mol. The maximum atomic E-state index is 11.5. The van der Waals surface area contributed by atoms with Crippen molar-refractivity contribution in [2.45, 2.75) is 18.7 Å². The van der Waals surface area contributed by atoms with Crippen molar-refractivity contribution in [1.82, 2.24) is 9.78 Å². The number of nitrogens with zero attached hydrogens (tertiary/aromatic N) is 2. The smallest absolute Gasteiger partial charge is 0.267 e. The summed E-state index contributed by atoms with van der Waals surface area (Å²) < 4.78 is 29.0. The van der Waals surface area contributed by atoms with Gasteiger partial charge in [0.05, 0.1) is 12.3 Å². The standard InChI is InChI=1S/C7H11ClN2O3S/c1-4-13-14(11,12)6-5(2)9-10(3)7(6)8/h4H2,1-3H3. The van der Waals surface area contributed by atoms with E-state index in [1.165, 1.54) is 4.68 Å². The minimum absolute atomic E-state index is 0.0523. The first-order valence-corrected chi connectivity index (χ1v) is 5.77. The van der Waals surface area contributed by atoms with Crippen molar-refractivity contribution in [3.63, 3.8) is 0 Å². The predicted octanol–water partition coefficient (Wildman–Crippen LogP) is 1.11. The van der Waals surface area contributed by atoms with E-state index in [-0.39, 0.29) is 16.7 Å². The Kier molecular flexibility index (Phi) is 3.18. The Morgan fingerprint density at radius 2 is 2.14 bits per heavy atom. The third-order valence-corrected chi connectivity index (χ3v) is 3.70. The molecule has 80 valence electrons. The summed E-state index contributed by atoms with van der Waals surface area (Å²) >= 11 is 5.78. The molecule has 1 heterocycles. The molecule has 7 heteroatoms. The minimum atomic E-state index is -3.77. The van der Waals surface area contributed by atoms with Gasteiger partial charge in [-0.2, -0.15) is 13.5 Å². The molecule has 0 saturated heterocycles. The maximum absolute atomic E-state index is 11.5. The van der Waals surface area contributed by atoms with Gasteiger partial charge in [0.2, 0.25) is 0 Å². The molecule has 1 rings (SSSR count). The SMILES string of the molecule is CCOS(=O)(=O)c1c(C)nn(C)c1Cl. The molecule has 0 aliphatic rings. The first kappa shape index (κ1) is 11.5. The number of aryl methyl sites for hydroxylation is 2. The van der Waals surface area contributed by atoms with Crippen molar-refractivity contribution in [2.75, 3.05) is 6.61 Å². The second-order valence-electron chi connectivity index (χ2n) is 2.69. The van der Waals surface area contributed by atoms with Gasteiger partial charge >= 0.3 is 10.1 Å². The minimum Gasteiger partial charge on any atom is -0.267 e. The van der Waals surface area contributed by atoms with E-state index in [1.54, 1.807) is 20.9 Å². The van der Waals surface area contributed by atoms with Gasteiger partial charge in [-0.05, 0) is 13.8 Å². The Balaban J connectivity index is 3.32. The fraction of sp³-hybridized carbons (Fsp3) is 0.571. The number of halogens is 1. The van der Waals surface area contributed by atoms with Gasteiger partial charge in [0.25, 0.3) is 0 Å². The molecule has 0 unspecified atom stereocenters. The molecule has 0 aromatic carbocycles. The van der Waals surface area contributed by atoms with Gasteiger partial charge in [-0.3, -0.25) is 8.86 Å². The molecule has 5 nitrogen and oxygen atoms in total. The molecule has 0 bridgehead atoms. The average Bonchev–Trinajstić information content (AvgIpc) is 2.26. The Bertz CT molecular complexity index is 438. The summed E-state index contributed by atoms with van der Waals surface area (Å²) in [4.78, 5) is -0.0523. The highest BCUT2D eigenvalue weighted by molar-refractivity contribution is 7.87. The zero-order valence-corrected chi connectivity index (χ0v) is 9.68. The van der Waals surface area contributed by atoms with Crippen molar-refractivity contribution in [2.24, 2.45) is 7.05 Å². The van der Waals surface area contributed by atoms with Crippen LogP contribution in [0.3, 0.4) is 0 Å². The van der Waals surface area contributed by atoms with Crippen LogP contribution in [0.5, 0.6) is 0 Å². The van der Waals surface area contributed by atoms with Gasteiger partial charge in [0.1, 0.15) is 5.15 Å². The molecule has 0 N–H and O–H groups in total. The summed E-state index contributed by atoms with van der Waals surface area (Å²) in [5.74, 6) is 0. The van der Waals surface area contributed by atoms with Crippen LogP contribution < -0.4 is 0 Å². The number of aromatic nitrogens is 2. The van der Waals surface area contributed by atoms with Crippen molar-refractivity contribution in [3.05, 3.63) is 10.8 Å². The molecule has 0 fully saturated rings. The Labute approximate surface area is 87.7 Å². The lowest BCUT2D eigenvalue weighted by atomic mass is 10.5. The van der Waals surface area contributed by atoms with E-state index in [0.717, 1.165) is 0 Å². The number of hydrogen-bond acceptors (Lipinski definition) is 4. The highest BCUT2D eigenvalue weighted by Gasteiger charge is 2.25. The van der Waals surface area contributed by atoms with Crippen LogP contribution in [0, 0.1) is 6.92 Å². The van der Waals surface area contributed by atoms with Crippen molar-refractivity contribution < 1.29 is 12.6 Å². The largest absolute Gasteiger partial charge is 0.301 e. The highest BCUT2D eigenvalue weighted by Crippen LogP contribution is 2.25. The van der Waals surface area contributed by atoms with Gasteiger partial charge in [-0.1, -0.05) is 11.6 Å². The zero-order valence-electron chi connectivity index (χ0n) is 8.11. The van der Waals surface area contributed by atoms with Crippen LogP contribution in [-0.4, -0.2) is 24.8 Å². The van der Waals surface area contributed by atoms with E-state index >= 15 is 0 Å². The molecule has 0 aliphatic heterocycles. The summed E-state index contributed by atoms with van der Waals surface area (Å²) in [5, 5.41) is 3.95. The van der Waals surface area contributed by atoms with Crippen LogP contribution in [-0.2, 0) is 21.3 Å². The Morgan fingerprint density at radius 3 is 2.50 bits per heavy atom. The zero-order chi connectivity index (χ0) is 10.9. The fourth-order valence-corrected chi connectivity index (χ4v) is 2.74. The molecule has 0 saturated carbocycles. The molecule has 0 amide bonds. The van der Waals surface area contributed by atoms with E-state index in [9.17, 15) is 8.42 Å². The van der Waals surface area contributed by atoms with Gasteiger partial charge in [0, 0.05) is 7.05 Å². The Morgan fingerprint density at radius 1 is 1.57 bits per heavy atom. The van der Waals surface area contributed by atoms with E-state index in [1.807, 2.05) is 0 Å². The third-order valence-electron chi connectivity index (χ3n) is 1.62. The molecule has 1 aromatic heterocycles. The quantitative estimate of drug-likeness (QED) is 0.740. The van der Waals surface area contributed by atoms with Crippen LogP contribution in [0.4, 0.5) is 0 Å². The molecule has 1 aromatic rings. The van der Waals surface area contributed by atoms with Crippen LogP contribution in [0.15, 0.2) is 4.90 Å². The second kappa shape index (κ2) is 3.88. The topological polar surface area (TPSA) is 61.2 Å². The molecule has 14 heavy (non-hydrogen) atoms. The van der Waals surface area contributed by atoms with Gasteiger partial charge in [-0.25, -0.2) is 0 Å². The van der Waals surface area contributed by atoms with E-state index < -0.39 is 10.1 Å². The first-order chi connectivity index (χ1) is 6.40. The van der Waals surface area contributed by atoms with Crippen molar-refractivity contribution in [1.29, 1.82) is 0 Å². The fourth-order valence-electron chi connectivity index (χ4n) is 1.11. The van der Waals surface area contributed by atoms with Crippen LogP contribution in [0.25, 0.3) is 0 Å². The summed E-state index contributed by atoms with van der Waals surface area (Å²) in [6.07, 6.45) is 0. The number of rotatable bonds is 3. The normalized spacial score (nSPS) is 12.0. The summed E-state index contributed by atoms with van der Waals surface area (Å²) in [6.45, 7) is 3.24. The van der Waals surface area contributed by atoms with E-state index in [4.69, 9.17) is 11.6 Å². The van der Waals surface area contributed by atoms with Crippen LogP contribution in [0.1, 0.15) is 12.6 Å².